The molecule has 1 heteroatoms. The van der Waals surface area contributed by atoms with E-state index in [-0.39, 0.29) is 6.10 Å². The first kappa shape index (κ1) is 6.17. The average Bonchev–Trinajstić information content (AvgIpc) is 2.27. The Labute approximate surface area is 61.1 Å². The second-order valence-corrected chi connectivity index (χ2v) is 3.20. The van der Waals surface area contributed by atoms with Gasteiger partial charge in [0.25, 0.3) is 0 Å². The van der Waals surface area contributed by atoms with Gasteiger partial charge in [-0.05, 0) is 25.2 Å². The van der Waals surface area contributed by atoms with Crippen LogP contribution in [-0.2, 0) is 0 Å². The highest BCUT2D eigenvalue weighted by atomic mass is 16.3. The predicted octanol–water partition coefficient (Wildman–Crippen LogP) is 1.64. The Morgan fingerprint density at radius 1 is 1.50 bits per heavy atom. The van der Waals surface area contributed by atoms with Crippen LogP contribution in [0, 0.1) is 5.92 Å². The Morgan fingerprint density at radius 3 is 3.20 bits per heavy atom. The lowest BCUT2D eigenvalue weighted by molar-refractivity contribution is 0.179. The SMILES string of the molecule is OC1CC2=CC=CCC2C1. The van der Waals surface area contributed by atoms with Crippen molar-refractivity contribution in [2.24, 2.45) is 5.92 Å². The molecule has 0 aromatic heterocycles. The van der Waals surface area contributed by atoms with Gasteiger partial charge < -0.3 is 5.11 Å². The summed E-state index contributed by atoms with van der Waals surface area (Å²) in [5, 5.41) is 9.29. The van der Waals surface area contributed by atoms with E-state index in [0.29, 0.717) is 5.92 Å². The molecule has 0 amide bonds. The highest BCUT2D eigenvalue weighted by Gasteiger charge is 2.27. The molecule has 2 aliphatic rings. The maximum absolute atomic E-state index is 9.29. The molecule has 2 aliphatic carbocycles. The molecule has 0 aromatic rings. The van der Waals surface area contributed by atoms with E-state index in [4.69, 9.17) is 0 Å². The molecule has 2 atom stereocenters. The Bertz CT molecular complexity index is 191. The highest BCUT2D eigenvalue weighted by molar-refractivity contribution is 5.24. The molecule has 0 saturated heterocycles. The van der Waals surface area contributed by atoms with Gasteiger partial charge in [-0.1, -0.05) is 23.8 Å². The van der Waals surface area contributed by atoms with Crippen LogP contribution in [0.4, 0.5) is 0 Å². The summed E-state index contributed by atoms with van der Waals surface area (Å²) < 4.78 is 0. The van der Waals surface area contributed by atoms with Crippen LogP contribution in [0.15, 0.2) is 23.8 Å². The minimum absolute atomic E-state index is 0.0591. The van der Waals surface area contributed by atoms with E-state index in [0.717, 1.165) is 19.3 Å². The Kier molecular flexibility index (Phi) is 1.38. The number of fused-ring (bicyclic) bond motifs is 1. The minimum atomic E-state index is -0.0591. The molecule has 0 radical (unpaired) electrons. The Morgan fingerprint density at radius 2 is 2.40 bits per heavy atom. The van der Waals surface area contributed by atoms with Crippen molar-refractivity contribution in [3.8, 4) is 0 Å². The lowest BCUT2D eigenvalue weighted by Crippen LogP contribution is -2.00. The second kappa shape index (κ2) is 2.24. The van der Waals surface area contributed by atoms with Crippen LogP contribution >= 0.6 is 0 Å². The topological polar surface area (TPSA) is 20.2 Å². The predicted molar refractivity (Wildman–Crippen MR) is 40.6 cm³/mol. The molecule has 2 unspecified atom stereocenters. The van der Waals surface area contributed by atoms with Crippen LogP contribution in [0.5, 0.6) is 0 Å². The van der Waals surface area contributed by atoms with Crippen LogP contribution in [0.25, 0.3) is 0 Å². The lowest BCUT2D eigenvalue weighted by atomic mass is 9.95. The summed E-state index contributed by atoms with van der Waals surface area (Å²) in [6.07, 6.45) is 9.42. The number of hydrogen-bond acceptors (Lipinski definition) is 1. The molecule has 0 bridgehead atoms. The van der Waals surface area contributed by atoms with E-state index in [1.807, 2.05) is 0 Å². The standard InChI is InChI=1S/C9H12O/c10-9-5-7-3-1-2-4-8(7)6-9/h1-3,8-10H,4-6H2. The zero-order chi connectivity index (χ0) is 6.97. The van der Waals surface area contributed by atoms with Gasteiger partial charge in [-0.3, -0.25) is 0 Å². The molecule has 0 aliphatic heterocycles. The fraction of sp³-hybridized carbons (Fsp3) is 0.556. The highest BCUT2D eigenvalue weighted by Crippen LogP contribution is 2.35. The van der Waals surface area contributed by atoms with Crippen molar-refractivity contribution in [2.75, 3.05) is 0 Å². The Balaban J connectivity index is 2.18. The summed E-state index contributed by atoms with van der Waals surface area (Å²) in [5.41, 5.74) is 1.45. The molecule has 1 nitrogen and oxygen atoms in total. The molecule has 0 spiro atoms. The zero-order valence-corrected chi connectivity index (χ0v) is 5.96. The molecule has 0 heterocycles. The zero-order valence-electron chi connectivity index (χ0n) is 5.96. The molecular weight excluding hydrogens is 124 g/mol. The van der Waals surface area contributed by atoms with Gasteiger partial charge >= 0.3 is 0 Å². The van der Waals surface area contributed by atoms with Gasteiger partial charge in [0.05, 0.1) is 6.10 Å². The third-order valence-corrected chi connectivity index (χ3v) is 2.42. The van der Waals surface area contributed by atoms with Gasteiger partial charge in [0, 0.05) is 0 Å². The molecule has 1 N–H and O–H groups in total. The van der Waals surface area contributed by atoms with Gasteiger partial charge in [0.1, 0.15) is 0 Å². The Hall–Kier alpha value is -0.560. The molecule has 54 valence electrons. The summed E-state index contributed by atoms with van der Waals surface area (Å²) >= 11 is 0. The van der Waals surface area contributed by atoms with Gasteiger partial charge in [-0.2, -0.15) is 0 Å². The van der Waals surface area contributed by atoms with E-state index in [9.17, 15) is 5.11 Å². The van der Waals surface area contributed by atoms with Crippen molar-refractivity contribution in [3.63, 3.8) is 0 Å². The number of allylic oxidation sites excluding steroid dienone is 3. The maximum Gasteiger partial charge on any atom is 0.0583 e. The van der Waals surface area contributed by atoms with Crippen molar-refractivity contribution >= 4 is 0 Å². The third-order valence-electron chi connectivity index (χ3n) is 2.42. The number of aliphatic hydroxyl groups excluding tert-OH is 1. The van der Waals surface area contributed by atoms with Crippen molar-refractivity contribution in [2.45, 2.75) is 25.4 Å². The number of rotatable bonds is 0. The fourth-order valence-electron chi connectivity index (χ4n) is 1.89. The molecule has 0 aromatic carbocycles. The summed E-state index contributed by atoms with van der Waals surface area (Å²) in [4.78, 5) is 0. The van der Waals surface area contributed by atoms with E-state index in [1.54, 1.807) is 0 Å². The van der Waals surface area contributed by atoms with Crippen LogP contribution in [0.2, 0.25) is 0 Å². The molecule has 1 saturated carbocycles. The summed E-state index contributed by atoms with van der Waals surface area (Å²) in [7, 11) is 0. The van der Waals surface area contributed by atoms with Crippen LogP contribution < -0.4 is 0 Å². The van der Waals surface area contributed by atoms with Gasteiger partial charge in [-0.15, -0.1) is 0 Å². The third kappa shape index (κ3) is 0.907. The normalized spacial score (nSPS) is 37.5. The van der Waals surface area contributed by atoms with Crippen molar-refractivity contribution in [1.82, 2.24) is 0 Å². The fourth-order valence-corrected chi connectivity index (χ4v) is 1.89. The molecule has 10 heavy (non-hydrogen) atoms. The van der Waals surface area contributed by atoms with E-state index in [2.05, 4.69) is 18.2 Å². The van der Waals surface area contributed by atoms with Gasteiger partial charge in [0.15, 0.2) is 0 Å². The number of hydrogen-bond donors (Lipinski definition) is 1. The monoisotopic (exact) mass is 136 g/mol. The van der Waals surface area contributed by atoms with Gasteiger partial charge in [0.2, 0.25) is 0 Å². The number of aliphatic hydroxyl groups is 1. The summed E-state index contributed by atoms with van der Waals surface area (Å²) in [6, 6.07) is 0. The van der Waals surface area contributed by atoms with Crippen LogP contribution in [-0.4, -0.2) is 11.2 Å². The maximum atomic E-state index is 9.29. The summed E-state index contributed by atoms with van der Waals surface area (Å²) in [5.74, 6) is 0.667. The van der Waals surface area contributed by atoms with Crippen LogP contribution in [0.1, 0.15) is 19.3 Å². The second-order valence-electron chi connectivity index (χ2n) is 3.20. The molecule has 1 fully saturated rings. The quantitative estimate of drug-likeness (QED) is 0.536. The van der Waals surface area contributed by atoms with E-state index < -0.39 is 0 Å². The largest absolute Gasteiger partial charge is 0.393 e. The van der Waals surface area contributed by atoms with Crippen molar-refractivity contribution in [1.29, 1.82) is 0 Å². The lowest BCUT2D eigenvalue weighted by Gasteiger charge is -2.10. The first-order valence-electron chi connectivity index (χ1n) is 3.90. The molecule has 2 rings (SSSR count). The van der Waals surface area contributed by atoms with Crippen molar-refractivity contribution in [3.05, 3.63) is 23.8 Å². The van der Waals surface area contributed by atoms with E-state index in [1.165, 1.54) is 5.57 Å². The first-order chi connectivity index (χ1) is 4.86. The van der Waals surface area contributed by atoms with Crippen molar-refractivity contribution < 1.29 is 5.11 Å². The summed E-state index contributed by atoms with van der Waals surface area (Å²) in [6.45, 7) is 0. The van der Waals surface area contributed by atoms with Crippen LogP contribution in [0.3, 0.4) is 0 Å². The smallest absolute Gasteiger partial charge is 0.0583 e. The first-order valence-corrected chi connectivity index (χ1v) is 3.90. The average molecular weight is 136 g/mol. The minimum Gasteiger partial charge on any atom is -0.393 e. The van der Waals surface area contributed by atoms with E-state index >= 15 is 0 Å². The molecular formula is C9H12O. The van der Waals surface area contributed by atoms with Gasteiger partial charge in [-0.25, -0.2) is 0 Å².